The van der Waals surface area contributed by atoms with Gasteiger partial charge in [-0.3, -0.25) is 4.79 Å². The van der Waals surface area contributed by atoms with E-state index in [4.69, 9.17) is 11.6 Å². The first kappa shape index (κ1) is 16.3. The number of aryl methyl sites for hydroxylation is 1. The first-order valence-corrected chi connectivity index (χ1v) is 9.29. The predicted molar refractivity (Wildman–Crippen MR) is 97.5 cm³/mol. The van der Waals surface area contributed by atoms with Crippen molar-refractivity contribution in [2.24, 2.45) is 0 Å². The first-order valence-electron chi connectivity index (χ1n) is 8.03. The molecule has 1 amide bonds. The molecular formula is C18H21ClN2OS. The summed E-state index contributed by atoms with van der Waals surface area (Å²) in [5.41, 5.74) is 1.07. The van der Waals surface area contributed by atoms with E-state index in [1.54, 1.807) is 11.3 Å². The van der Waals surface area contributed by atoms with Crippen LogP contribution in [-0.2, 0) is 11.2 Å². The Morgan fingerprint density at radius 1 is 1.09 bits per heavy atom. The lowest BCUT2D eigenvalue weighted by Gasteiger charge is -2.36. The Balaban J connectivity index is 1.45. The summed E-state index contributed by atoms with van der Waals surface area (Å²) in [7, 11) is 0. The second-order valence-electron chi connectivity index (χ2n) is 5.75. The van der Waals surface area contributed by atoms with Gasteiger partial charge in [0.15, 0.2) is 0 Å². The highest BCUT2D eigenvalue weighted by Crippen LogP contribution is 2.26. The first-order chi connectivity index (χ1) is 11.2. The van der Waals surface area contributed by atoms with Gasteiger partial charge < -0.3 is 9.80 Å². The Morgan fingerprint density at radius 2 is 1.87 bits per heavy atom. The van der Waals surface area contributed by atoms with Crippen LogP contribution in [0.4, 0.5) is 5.69 Å². The van der Waals surface area contributed by atoms with Crippen LogP contribution in [0.5, 0.6) is 0 Å². The van der Waals surface area contributed by atoms with E-state index >= 15 is 0 Å². The molecule has 0 aliphatic carbocycles. The van der Waals surface area contributed by atoms with E-state index in [0.29, 0.717) is 6.42 Å². The number of anilines is 1. The van der Waals surface area contributed by atoms with Gasteiger partial charge in [-0.2, -0.15) is 0 Å². The van der Waals surface area contributed by atoms with Gasteiger partial charge in [0.05, 0.1) is 10.7 Å². The number of amides is 1. The minimum absolute atomic E-state index is 0.278. The van der Waals surface area contributed by atoms with Crippen molar-refractivity contribution in [3.8, 4) is 0 Å². The topological polar surface area (TPSA) is 23.6 Å². The molecule has 5 heteroatoms. The van der Waals surface area contributed by atoms with E-state index in [2.05, 4.69) is 22.4 Å². The van der Waals surface area contributed by atoms with Gasteiger partial charge in [-0.15, -0.1) is 11.3 Å². The molecule has 1 saturated heterocycles. The molecule has 1 aromatic heterocycles. The fraction of sp³-hybridized carbons (Fsp3) is 0.389. The van der Waals surface area contributed by atoms with E-state index < -0.39 is 0 Å². The zero-order valence-electron chi connectivity index (χ0n) is 13.1. The third kappa shape index (κ3) is 4.27. The lowest BCUT2D eigenvalue weighted by molar-refractivity contribution is -0.131. The quantitative estimate of drug-likeness (QED) is 0.813. The molecule has 2 heterocycles. The molecule has 122 valence electrons. The third-order valence-corrected chi connectivity index (χ3v) is 5.48. The van der Waals surface area contributed by atoms with Gasteiger partial charge in [-0.25, -0.2) is 0 Å². The highest BCUT2D eigenvalue weighted by Gasteiger charge is 2.21. The zero-order chi connectivity index (χ0) is 16.1. The molecular weight excluding hydrogens is 328 g/mol. The Bertz CT molecular complexity index is 636. The van der Waals surface area contributed by atoms with Crippen LogP contribution in [0.15, 0.2) is 41.8 Å². The number of thiophene rings is 1. The summed E-state index contributed by atoms with van der Waals surface area (Å²) in [6, 6.07) is 12.1. The molecule has 0 bridgehead atoms. The van der Waals surface area contributed by atoms with Crippen molar-refractivity contribution in [2.75, 3.05) is 31.1 Å². The van der Waals surface area contributed by atoms with Gasteiger partial charge in [-0.05, 0) is 36.4 Å². The van der Waals surface area contributed by atoms with Crippen LogP contribution in [0.1, 0.15) is 17.7 Å². The monoisotopic (exact) mass is 348 g/mol. The fourth-order valence-electron chi connectivity index (χ4n) is 2.93. The molecule has 1 aliphatic rings. The van der Waals surface area contributed by atoms with Crippen LogP contribution < -0.4 is 4.90 Å². The Kier molecular flexibility index (Phi) is 5.57. The number of halogens is 1. The number of rotatable bonds is 5. The standard InChI is InChI=1S/C18H21ClN2OS/c19-16-7-1-2-8-17(16)20-10-12-21(13-11-20)18(22)9-3-5-15-6-4-14-23-15/h1-2,4,6-8,14H,3,5,9-13H2. The minimum Gasteiger partial charge on any atom is -0.367 e. The zero-order valence-corrected chi connectivity index (χ0v) is 14.7. The number of carbonyl (C=O) groups excluding carboxylic acids is 1. The molecule has 1 fully saturated rings. The van der Waals surface area contributed by atoms with Crippen molar-refractivity contribution in [1.82, 2.24) is 4.90 Å². The number of benzene rings is 1. The number of para-hydroxylation sites is 1. The van der Waals surface area contributed by atoms with Crippen molar-refractivity contribution in [1.29, 1.82) is 0 Å². The fourth-order valence-corrected chi connectivity index (χ4v) is 3.94. The summed E-state index contributed by atoms with van der Waals surface area (Å²) < 4.78 is 0. The van der Waals surface area contributed by atoms with Gasteiger partial charge in [0.2, 0.25) is 5.91 Å². The van der Waals surface area contributed by atoms with Crippen LogP contribution >= 0.6 is 22.9 Å². The van der Waals surface area contributed by atoms with Gasteiger partial charge in [0, 0.05) is 37.5 Å². The number of carbonyl (C=O) groups is 1. The van der Waals surface area contributed by atoms with Crippen LogP contribution in [0, 0.1) is 0 Å². The number of hydrogen-bond donors (Lipinski definition) is 0. The third-order valence-electron chi connectivity index (χ3n) is 4.22. The molecule has 0 radical (unpaired) electrons. The van der Waals surface area contributed by atoms with Crippen LogP contribution in [0.2, 0.25) is 5.02 Å². The molecule has 0 N–H and O–H groups in total. The van der Waals surface area contributed by atoms with E-state index in [0.717, 1.165) is 49.7 Å². The van der Waals surface area contributed by atoms with E-state index in [1.165, 1.54) is 4.88 Å². The summed E-state index contributed by atoms with van der Waals surface area (Å²) in [6.45, 7) is 3.26. The molecule has 0 unspecified atom stereocenters. The number of hydrogen-bond acceptors (Lipinski definition) is 3. The lowest BCUT2D eigenvalue weighted by Crippen LogP contribution is -2.48. The summed E-state index contributed by atoms with van der Waals surface area (Å²) in [4.78, 5) is 17.9. The molecule has 1 aliphatic heterocycles. The van der Waals surface area contributed by atoms with Crippen LogP contribution in [0.3, 0.4) is 0 Å². The molecule has 0 atom stereocenters. The van der Waals surface area contributed by atoms with Gasteiger partial charge in [-0.1, -0.05) is 29.8 Å². The SMILES string of the molecule is O=C(CCCc1cccs1)N1CCN(c2ccccc2Cl)CC1. The largest absolute Gasteiger partial charge is 0.367 e. The predicted octanol–water partition coefficient (Wildman–Crippen LogP) is 4.07. The van der Waals surface area contributed by atoms with Crippen molar-refractivity contribution in [2.45, 2.75) is 19.3 Å². The summed E-state index contributed by atoms with van der Waals surface area (Å²) >= 11 is 8.02. The molecule has 3 nitrogen and oxygen atoms in total. The highest BCUT2D eigenvalue weighted by molar-refractivity contribution is 7.09. The molecule has 23 heavy (non-hydrogen) atoms. The number of nitrogens with zero attached hydrogens (tertiary/aromatic N) is 2. The Morgan fingerprint density at radius 3 is 2.57 bits per heavy atom. The Hall–Kier alpha value is -1.52. The van der Waals surface area contributed by atoms with E-state index in [9.17, 15) is 4.79 Å². The van der Waals surface area contributed by atoms with Crippen LogP contribution in [-0.4, -0.2) is 37.0 Å². The Labute approximate surface area is 146 Å². The maximum absolute atomic E-state index is 12.3. The summed E-state index contributed by atoms with van der Waals surface area (Å²) in [5, 5.41) is 2.87. The minimum atomic E-state index is 0.278. The molecule has 2 aromatic rings. The average Bonchev–Trinajstić information content (AvgIpc) is 3.09. The lowest BCUT2D eigenvalue weighted by atomic mass is 10.2. The van der Waals surface area contributed by atoms with Crippen molar-refractivity contribution >= 4 is 34.5 Å². The van der Waals surface area contributed by atoms with Gasteiger partial charge in [0.25, 0.3) is 0 Å². The van der Waals surface area contributed by atoms with Crippen molar-refractivity contribution in [3.63, 3.8) is 0 Å². The smallest absolute Gasteiger partial charge is 0.222 e. The van der Waals surface area contributed by atoms with Gasteiger partial charge in [0.1, 0.15) is 0 Å². The summed E-state index contributed by atoms with van der Waals surface area (Å²) in [6.07, 6.45) is 2.58. The van der Waals surface area contributed by atoms with E-state index in [1.807, 2.05) is 29.2 Å². The summed E-state index contributed by atoms with van der Waals surface area (Å²) in [5.74, 6) is 0.278. The second-order valence-corrected chi connectivity index (χ2v) is 7.19. The van der Waals surface area contributed by atoms with Gasteiger partial charge >= 0.3 is 0 Å². The highest BCUT2D eigenvalue weighted by atomic mass is 35.5. The average molecular weight is 349 g/mol. The van der Waals surface area contributed by atoms with Crippen molar-refractivity contribution < 1.29 is 4.79 Å². The molecule has 0 spiro atoms. The van der Waals surface area contributed by atoms with E-state index in [-0.39, 0.29) is 5.91 Å². The second kappa shape index (κ2) is 7.84. The maximum atomic E-state index is 12.3. The molecule has 0 saturated carbocycles. The van der Waals surface area contributed by atoms with Crippen LogP contribution in [0.25, 0.3) is 0 Å². The van der Waals surface area contributed by atoms with Crippen molar-refractivity contribution in [3.05, 3.63) is 51.7 Å². The maximum Gasteiger partial charge on any atom is 0.222 e. The normalized spacial score (nSPS) is 15.0. The molecule has 3 rings (SSSR count). The number of piperazine rings is 1. The molecule has 1 aromatic carbocycles.